The lowest BCUT2D eigenvalue weighted by Crippen LogP contribution is -2.31. The summed E-state index contributed by atoms with van der Waals surface area (Å²) >= 11 is 0. The Hall–Kier alpha value is -2.99. The lowest BCUT2D eigenvalue weighted by atomic mass is 9.93. The van der Waals surface area contributed by atoms with Crippen LogP contribution in [0.2, 0.25) is 0 Å². The molecule has 1 fully saturated rings. The number of rotatable bonds is 6. The molecule has 29 heavy (non-hydrogen) atoms. The smallest absolute Gasteiger partial charge is 0.295 e. The van der Waals surface area contributed by atoms with Gasteiger partial charge < -0.3 is 14.7 Å². The van der Waals surface area contributed by atoms with E-state index < -0.39 is 23.5 Å². The minimum Gasteiger partial charge on any atom is -0.507 e. The first-order valence-corrected chi connectivity index (χ1v) is 9.46. The first kappa shape index (κ1) is 20.7. The molecule has 1 aliphatic heterocycles. The standard InChI is InChI=1S/C23H24FNO4/c1-14-9-10-15(2)17(13-14)21(26)19-20(16-7-4-5-8-18(16)24)25(11-6-12-29-3)23(28)22(19)27/h4-5,7-10,13,20,26H,6,11-12H2,1-3H3/b21-19-. The van der Waals surface area contributed by atoms with Crippen LogP contribution in [0.3, 0.4) is 0 Å². The third-order valence-corrected chi connectivity index (χ3v) is 5.14. The molecule has 1 saturated heterocycles. The van der Waals surface area contributed by atoms with E-state index >= 15 is 0 Å². The third kappa shape index (κ3) is 3.93. The Morgan fingerprint density at radius 2 is 1.90 bits per heavy atom. The highest BCUT2D eigenvalue weighted by molar-refractivity contribution is 6.46. The molecule has 1 heterocycles. The summed E-state index contributed by atoms with van der Waals surface area (Å²) in [6, 6.07) is 10.5. The van der Waals surface area contributed by atoms with Gasteiger partial charge >= 0.3 is 0 Å². The van der Waals surface area contributed by atoms with E-state index in [1.165, 1.54) is 17.0 Å². The Kier molecular flexibility index (Phi) is 6.13. The predicted octanol–water partition coefficient (Wildman–Crippen LogP) is 3.90. The zero-order chi connectivity index (χ0) is 21.1. The van der Waals surface area contributed by atoms with Gasteiger partial charge in [0.1, 0.15) is 11.6 Å². The van der Waals surface area contributed by atoms with Gasteiger partial charge in [0.2, 0.25) is 0 Å². The first-order chi connectivity index (χ1) is 13.9. The Morgan fingerprint density at radius 3 is 2.59 bits per heavy atom. The molecule has 6 heteroatoms. The molecule has 0 radical (unpaired) electrons. The average Bonchev–Trinajstić information content (AvgIpc) is 2.94. The van der Waals surface area contributed by atoms with Gasteiger partial charge in [0.15, 0.2) is 0 Å². The van der Waals surface area contributed by atoms with Gasteiger partial charge in [-0.3, -0.25) is 9.59 Å². The molecule has 0 aromatic heterocycles. The number of hydrogen-bond donors (Lipinski definition) is 1. The molecule has 1 aliphatic rings. The predicted molar refractivity (Wildman–Crippen MR) is 108 cm³/mol. The highest BCUT2D eigenvalue weighted by atomic mass is 19.1. The number of nitrogens with zero attached hydrogens (tertiary/aromatic N) is 1. The second-order valence-corrected chi connectivity index (χ2v) is 7.18. The minimum atomic E-state index is -0.993. The van der Waals surface area contributed by atoms with Gasteiger partial charge in [0.25, 0.3) is 11.7 Å². The van der Waals surface area contributed by atoms with Crippen LogP contribution in [0.25, 0.3) is 5.76 Å². The van der Waals surface area contributed by atoms with Crippen LogP contribution >= 0.6 is 0 Å². The molecule has 2 aromatic carbocycles. The summed E-state index contributed by atoms with van der Waals surface area (Å²) in [6.07, 6.45) is 0.484. The van der Waals surface area contributed by atoms with Crippen molar-refractivity contribution < 1.29 is 23.8 Å². The van der Waals surface area contributed by atoms with E-state index in [9.17, 15) is 19.1 Å². The van der Waals surface area contributed by atoms with Gasteiger partial charge in [-0.15, -0.1) is 0 Å². The van der Waals surface area contributed by atoms with E-state index in [-0.39, 0.29) is 23.4 Å². The number of aliphatic hydroxyl groups is 1. The maximum absolute atomic E-state index is 14.7. The number of methoxy groups -OCH3 is 1. The Morgan fingerprint density at radius 1 is 1.17 bits per heavy atom. The van der Waals surface area contributed by atoms with Crippen LogP contribution in [0.15, 0.2) is 48.0 Å². The molecule has 0 aliphatic carbocycles. The number of halogens is 1. The summed E-state index contributed by atoms with van der Waals surface area (Å²) in [5.74, 6) is -2.38. The van der Waals surface area contributed by atoms with Gasteiger partial charge in [-0.2, -0.15) is 0 Å². The van der Waals surface area contributed by atoms with Crippen LogP contribution in [0, 0.1) is 19.7 Å². The molecule has 5 nitrogen and oxygen atoms in total. The van der Waals surface area contributed by atoms with Gasteiger partial charge in [0, 0.05) is 31.4 Å². The van der Waals surface area contributed by atoms with Crippen LogP contribution in [-0.2, 0) is 14.3 Å². The SMILES string of the molecule is COCCCN1C(=O)C(=O)/C(=C(\O)c2cc(C)ccc2C)C1c1ccccc1F. The number of hydrogen-bond acceptors (Lipinski definition) is 4. The molecule has 1 atom stereocenters. The van der Waals surface area contributed by atoms with Gasteiger partial charge in [-0.25, -0.2) is 4.39 Å². The molecular formula is C23H24FNO4. The lowest BCUT2D eigenvalue weighted by Gasteiger charge is -2.25. The van der Waals surface area contributed by atoms with E-state index in [0.29, 0.717) is 18.6 Å². The molecule has 0 bridgehead atoms. The lowest BCUT2D eigenvalue weighted by molar-refractivity contribution is -0.140. The normalized spacial score (nSPS) is 18.5. The minimum absolute atomic E-state index is 0.0915. The number of Topliss-reactive ketones (excluding diaryl/α,β-unsaturated/α-hetero) is 1. The van der Waals surface area contributed by atoms with E-state index in [1.807, 2.05) is 19.1 Å². The van der Waals surface area contributed by atoms with Crippen LogP contribution in [0.4, 0.5) is 4.39 Å². The number of ketones is 1. The van der Waals surface area contributed by atoms with Crippen molar-refractivity contribution in [3.8, 4) is 0 Å². The van der Waals surface area contributed by atoms with E-state index in [1.54, 1.807) is 32.2 Å². The van der Waals surface area contributed by atoms with E-state index in [4.69, 9.17) is 4.74 Å². The molecule has 2 aromatic rings. The van der Waals surface area contributed by atoms with Crippen molar-refractivity contribution in [2.75, 3.05) is 20.3 Å². The molecule has 1 N–H and O–H groups in total. The van der Waals surface area contributed by atoms with Crippen LogP contribution in [0.5, 0.6) is 0 Å². The maximum atomic E-state index is 14.7. The fourth-order valence-corrected chi connectivity index (χ4v) is 3.65. The number of amides is 1. The highest BCUT2D eigenvalue weighted by Gasteiger charge is 2.46. The average molecular weight is 397 g/mol. The Labute approximate surface area is 169 Å². The number of aliphatic hydroxyl groups excluding tert-OH is 1. The number of aryl methyl sites for hydroxylation is 2. The summed E-state index contributed by atoms with van der Waals surface area (Å²) < 4.78 is 19.7. The number of carbonyl (C=O) groups excluding carboxylic acids is 2. The number of likely N-dealkylation sites (tertiary alicyclic amines) is 1. The summed E-state index contributed by atoms with van der Waals surface area (Å²) in [6.45, 7) is 4.28. The molecule has 152 valence electrons. The quantitative estimate of drug-likeness (QED) is 0.347. The second kappa shape index (κ2) is 8.57. The summed E-state index contributed by atoms with van der Waals surface area (Å²) in [5.41, 5.74) is 2.20. The van der Waals surface area contributed by atoms with Crippen molar-refractivity contribution in [2.24, 2.45) is 0 Å². The highest BCUT2D eigenvalue weighted by Crippen LogP contribution is 2.40. The summed E-state index contributed by atoms with van der Waals surface area (Å²) in [4.78, 5) is 27.0. The molecular weight excluding hydrogens is 373 g/mol. The van der Waals surface area contributed by atoms with Crippen molar-refractivity contribution in [3.63, 3.8) is 0 Å². The Balaban J connectivity index is 2.19. The van der Waals surface area contributed by atoms with E-state index in [0.717, 1.165) is 11.1 Å². The first-order valence-electron chi connectivity index (χ1n) is 9.46. The summed E-state index contributed by atoms with van der Waals surface area (Å²) in [7, 11) is 1.54. The number of carbonyl (C=O) groups is 2. The van der Waals surface area contributed by atoms with Gasteiger partial charge in [0.05, 0.1) is 11.6 Å². The monoisotopic (exact) mass is 397 g/mol. The van der Waals surface area contributed by atoms with Crippen molar-refractivity contribution in [3.05, 3.63) is 76.1 Å². The summed E-state index contributed by atoms with van der Waals surface area (Å²) in [5, 5.41) is 11.1. The van der Waals surface area contributed by atoms with Gasteiger partial charge in [-0.1, -0.05) is 35.9 Å². The van der Waals surface area contributed by atoms with Crippen molar-refractivity contribution in [2.45, 2.75) is 26.3 Å². The maximum Gasteiger partial charge on any atom is 0.295 e. The van der Waals surface area contributed by atoms with Crippen molar-refractivity contribution in [1.29, 1.82) is 0 Å². The largest absolute Gasteiger partial charge is 0.507 e. The Bertz CT molecular complexity index is 983. The van der Waals surface area contributed by atoms with Crippen LogP contribution < -0.4 is 0 Å². The topological polar surface area (TPSA) is 66.8 Å². The molecule has 0 saturated carbocycles. The second-order valence-electron chi connectivity index (χ2n) is 7.18. The fourth-order valence-electron chi connectivity index (χ4n) is 3.65. The van der Waals surface area contributed by atoms with E-state index in [2.05, 4.69) is 0 Å². The number of ether oxygens (including phenoxy) is 1. The van der Waals surface area contributed by atoms with Crippen molar-refractivity contribution >= 4 is 17.4 Å². The molecule has 3 rings (SSSR count). The van der Waals surface area contributed by atoms with Crippen LogP contribution in [-0.4, -0.2) is 42.0 Å². The fraction of sp³-hybridized carbons (Fsp3) is 0.304. The van der Waals surface area contributed by atoms with Crippen molar-refractivity contribution in [1.82, 2.24) is 4.90 Å². The zero-order valence-corrected chi connectivity index (χ0v) is 16.7. The third-order valence-electron chi connectivity index (χ3n) is 5.14. The molecule has 0 spiro atoms. The zero-order valence-electron chi connectivity index (χ0n) is 16.7. The molecule has 1 unspecified atom stereocenters. The molecule has 1 amide bonds. The van der Waals surface area contributed by atoms with Gasteiger partial charge in [-0.05, 0) is 38.0 Å². The van der Waals surface area contributed by atoms with Crippen LogP contribution in [0.1, 0.15) is 34.7 Å². The number of benzene rings is 2.